The first-order valence-corrected chi connectivity index (χ1v) is 29.8. The minimum atomic E-state index is -1.17. The number of rotatable bonds is 11. The molecule has 0 bridgehead atoms. The van der Waals surface area contributed by atoms with Gasteiger partial charge in [-0.05, 0) is 105 Å². The molecule has 0 aliphatic carbocycles. The van der Waals surface area contributed by atoms with E-state index in [1.54, 1.807) is 11.8 Å². The van der Waals surface area contributed by atoms with Crippen molar-refractivity contribution in [1.29, 1.82) is 0 Å². The van der Waals surface area contributed by atoms with Crippen LogP contribution < -0.4 is 20.5 Å². The van der Waals surface area contributed by atoms with Crippen molar-refractivity contribution in [2.45, 2.75) is 42.0 Å². The Balaban J connectivity index is 0.948. The predicted molar refractivity (Wildman–Crippen MR) is 336 cm³/mol. The first-order chi connectivity index (χ1) is 39.8. The van der Waals surface area contributed by atoms with E-state index in [2.05, 4.69) is 158 Å². The number of hydrogen-bond acceptors (Lipinski definition) is 5. The van der Waals surface area contributed by atoms with Crippen molar-refractivity contribution < 1.29 is 9.36 Å². The molecular weight excluding hydrogens is 1020 g/mol. The molecule has 12 aromatic rings. The number of hydrogen-bond donors (Lipinski definition) is 0. The summed E-state index contributed by atoms with van der Waals surface area (Å²) in [5.74, 6) is 1.79. The highest BCUT2D eigenvalue weighted by Gasteiger charge is 2.47. The van der Waals surface area contributed by atoms with Crippen LogP contribution >= 0.6 is 19.7 Å². The maximum Gasteiger partial charge on any atom is 0.214 e. The largest absolute Gasteiger partial charge is 0.289 e. The average Bonchev–Trinajstić information content (AvgIpc) is 3.56. The van der Waals surface area contributed by atoms with E-state index < -0.39 is 7.92 Å². The molecule has 4 heterocycles. The summed E-state index contributed by atoms with van der Waals surface area (Å²) in [6, 6.07) is 87.2. The van der Waals surface area contributed by atoms with E-state index in [1.807, 2.05) is 115 Å². The zero-order chi connectivity index (χ0) is 54.6. The second-order valence-corrected chi connectivity index (χ2v) is 24.1. The van der Waals surface area contributed by atoms with Crippen molar-refractivity contribution in [3.8, 4) is 78.8 Å². The van der Waals surface area contributed by atoms with Crippen LogP contribution in [0.5, 0.6) is 0 Å². The standard InChI is InChI=1S/C74H54N4OPS/c1-4-74(5-2)48(3)61-37-36-60(45-64(61)65-46-63-56(47-78(65)74)32-21-33-62(63)51-26-15-8-16-27-51)80-66-38-34-54(70(79)59-41-57(49-22-11-6-12-23-49)40-58(42-59)50-24-13-7-14-25-50)43-68(66)81-69-44-55(35-39-67(69)80)73-76-71(52-28-17-9-18-29-52)75-72(77-73)53-30-19-10-20-31-53/h6-47H,3-5H2,1-2H3/q+1. The van der Waals surface area contributed by atoms with Gasteiger partial charge < -0.3 is 0 Å². The van der Waals surface area contributed by atoms with Crippen LogP contribution in [0.25, 0.3) is 95.1 Å². The van der Waals surface area contributed by atoms with Crippen molar-refractivity contribution in [2.75, 3.05) is 0 Å². The molecule has 1 unspecified atom stereocenters. The lowest BCUT2D eigenvalue weighted by atomic mass is 9.75. The zero-order valence-electron chi connectivity index (χ0n) is 44.9. The number of benzene rings is 10. The van der Waals surface area contributed by atoms with Gasteiger partial charge in [0.15, 0.2) is 35.0 Å². The average molecular weight is 1080 g/mol. The topological polar surface area (TPSA) is 59.6 Å². The van der Waals surface area contributed by atoms with Crippen molar-refractivity contribution >= 4 is 57.7 Å². The summed E-state index contributed by atoms with van der Waals surface area (Å²) < 4.78 is 2.53. The van der Waals surface area contributed by atoms with Crippen LogP contribution in [0.2, 0.25) is 0 Å². The fourth-order valence-corrected chi connectivity index (χ4v) is 16.2. The normalized spacial score (nSPS) is 13.9. The van der Waals surface area contributed by atoms with E-state index in [9.17, 15) is 0 Å². The van der Waals surface area contributed by atoms with Gasteiger partial charge in [-0.3, -0.25) is 4.79 Å². The third-order valence-corrected chi connectivity index (χ3v) is 20.3. The summed E-state index contributed by atoms with van der Waals surface area (Å²) in [7, 11) is -1.17. The van der Waals surface area contributed by atoms with Crippen molar-refractivity contribution in [3.05, 3.63) is 278 Å². The Bertz CT molecular complexity index is 4320. The number of carbonyl (C=O) groups excluding carboxylic acids is 1. The number of nitrogens with zero attached hydrogens (tertiary/aromatic N) is 4. The number of carbonyl (C=O) groups is 1. The van der Waals surface area contributed by atoms with Crippen LogP contribution in [-0.2, 0) is 5.54 Å². The fraction of sp³-hybridized carbons (Fsp3) is 0.0676. The predicted octanol–water partition coefficient (Wildman–Crippen LogP) is 17.0. The number of pyridine rings is 1. The van der Waals surface area contributed by atoms with Gasteiger partial charge in [-0.25, -0.2) is 15.0 Å². The molecule has 0 saturated carbocycles. The maximum atomic E-state index is 15.2. The van der Waals surface area contributed by atoms with Crippen molar-refractivity contribution in [3.63, 3.8) is 0 Å². The second-order valence-electron chi connectivity index (χ2n) is 20.9. The Morgan fingerprint density at radius 1 is 0.457 bits per heavy atom. The Morgan fingerprint density at radius 3 is 1.57 bits per heavy atom. The van der Waals surface area contributed by atoms with Gasteiger partial charge in [-0.1, -0.05) is 232 Å². The highest BCUT2D eigenvalue weighted by molar-refractivity contribution is 8.02. The monoisotopic (exact) mass is 1080 g/mol. The molecule has 0 saturated heterocycles. The van der Waals surface area contributed by atoms with E-state index in [4.69, 9.17) is 21.5 Å². The van der Waals surface area contributed by atoms with Crippen molar-refractivity contribution in [1.82, 2.24) is 15.0 Å². The second kappa shape index (κ2) is 20.8. The Kier molecular flexibility index (Phi) is 12.9. The van der Waals surface area contributed by atoms with E-state index in [-0.39, 0.29) is 11.3 Å². The number of ketones is 1. The Morgan fingerprint density at radius 2 is 0.988 bits per heavy atom. The van der Waals surface area contributed by atoms with E-state index in [1.165, 1.54) is 54.6 Å². The van der Waals surface area contributed by atoms with Crippen LogP contribution in [0, 0.1) is 0 Å². The summed E-state index contributed by atoms with van der Waals surface area (Å²) in [5, 5.41) is 6.07. The number of fused-ring (bicyclic) bond motifs is 6. The van der Waals surface area contributed by atoms with Crippen LogP contribution in [0.15, 0.2) is 271 Å². The molecule has 81 heavy (non-hydrogen) atoms. The molecule has 0 amide bonds. The number of allylic oxidation sites excluding steroid dienone is 1. The van der Waals surface area contributed by atoms with Crippen LogP contribution in [0.4, 0.5) is 0 Å². The highest BCUT2D eigenvalue weighted by atomic mass is 32.2. The fourth-order valence-electron chi connectivity index (χ4n) is 12.1. The lowest BCUT2D eigenvalue weighted by molar-refractivity contribution is -0.740. The van der Waals surface area contributed by atoms with Gasteiger partial charge in [0.2, 0.25) is 5.69 Å². The molecule has 1 atom stereocenters. The van der Waals surface area contributed by atoms with Gasteiger partial charge in [0.25, 0.3) is 0 Å². The minimum Gasteiger partial charge on any atom is -0.289 e. The molecule has 0 fully saturated rings. The lowest BCUT2D eigenvalue weighted by Crippen LogP contribution is -2.59. The van der Waals surface area contributed by atoms with E-state index in [0.29, 0.717) is 28.6 Å². The van der Waals surface area contributed by atoms with Crippen molar-refractivity contribution in [2.24, 2.45) is 0 Å². The van der Waals surface area contributed by atoms with Gasteiger partial charge in [0.05, 0.1) is 5.56 Å². The minimum absolute atomic E-state index is 0.0253. The quantitative estimate of drug-likeness (QED) is 0.0734. The molecule has 0 spiro atoms. The zero-order valence-corrected chi connectivity index (χ0v) is 46.6. The smallest absolute Gasteiger partial charge is 0.214 e. The van der Waals surface area contributed by atoms with Crippen LogP contribution in [-0.4, -0.2) is 20.7 Å². The molecule has 5 nitrogen and oxygen atoms in total. The summed E-state index contributed by atoms with van der Waals surface area (Å²) in [6.07, 6.45) is 4.19. The maximum absolute atomic E-state index is 15.2. The third-order valence-electron chi connectivity index (χ3n) is 16.3. The summed E-state index contributed by atoms with van der Waals surface area (Å²) in [5.41, 5.74) is 14.9. The third kappa shape index (κ3) is 8.93. The lowest BCUT2D eigenvalue weighted by Gasteiger charge is -2.36. The van der Waals surface area contributed by atoms with Crippen LogP contribution in [0.1, 0.15) is 48.2 Å². The first-order valence-electron chi connectivity index (χ1n) is 27.7. The van der Waals surface area contributed by atoms with E-state index >= 15 is 4.79 Å². The molecule has 14 rings (SSSR count). The molecular formula is C74H54N4OPS+. The molecule has 2 aromatic heterocycles. The molecule has 386 valence electrons. The van der Waals surface area contributed by atoms with Crippen LogP contribution in [0.3, 0.4) is 0 Å². The van der Waals surface area contributed by atoms with Gasteiger partial charge in [-0.15, -0.1) is 0 Å². The van der Waals surface area contributed by atoms with Gasteiger partial charge in [0, 0.05) is 72.9 Å². The van der Waals surface area contributed by atoms with E-state index in [0.717, 1.165) is 67.1 Å². The summed E-state index contributed by atoms with van der Waals surface area (Å²) >= 11 is 1.72. The molecule has 2 aliphatic heterocycles. The molecule has 0 radical (unpaired) electrons. The van der Waals surface area contributed by atoms with Gasteiger partial charge in [-0.2, -0.15) is 4.57 Å². The molecule has 0 N–H and O–H groups in total. The summed E-state index contributed by atoms with van der Waals surface area (Å²) in [4.78, 5) is 32.7. The molecule has 7 heteroatoms. The Labute approximate surface area is 478 Å². The first kappa shape index (κ1) is 50.1. The molecule has 10 aromatic carbocycles. The highest BCUT2D eigenvalue weighted by Crippen LogP contribution is 2.50. The Hall–Kier alpha value is -9.19. The SMILES string of the molecule is C=C1c2ccc(P3c4ccc(C(=O)c5cc(-c6ccccc6)cc(-c6ccccc6)c5)cc4Sc4cc(-c5nc(-c6ccccc6)nc(-c6ccccc6)n5)ccc43)cc2-c2cc3c(-c4ccccc4)cccc3c[n+]2C1(CC)CC. The van der Waals surface area contributed by atoms with Gasteiger partial charge in [0.1, 0.15) is 0 Å². The number of aromatic nitrogens is 4. The summed E-state index contributed by atoms with van der Waals surface area (Å²) in [6.45, 7) is 9.52. The van der Waals surface area contributed by atoms with Gasteiger partial charge >= 0.3 is 0 Å². The molecule has 2 aliphatic rings.